The van der Waals surface area contributed by atoms with E-state index in [0.29, 0.717) is 11.5 Å². The molecular formula is C25H26N2O3. The number of hydrogen-bond acceptors (Lipinski definition) is 4. The van der Waals surface area contributed by atoms with Gasteiger partial charge in [-0.15, -0.1) is 0 Å². The second-order valence-corrected chi connectivity index (χ2v) is 7.76. The van der Waals surface area contributed by atoms with Crippen molar-refractivity contribution in [2.24, 2.45) is 0 Å². The maximum absolute atomic E-state index is 11.4. The Bertz CT molecular complexity index is 1060. The van der Waals surface area contributed by atoms with Crippen molar-refractivity contribution >= 4 is 17.3 Å². The molecule has 30 heavy (non-hydrogen) atoms. The van der Waals surface area contributed by atoms with Gasteiger partial charge in [0, 0.05) is 36.9 Å². The van der Waals surface area contributed by atoms with Crippen molar-refractivity contribution in [1.29, 1.82) is 0 Å². The number of rotatable bonds is 7. The molecule has 0 saturated carbocycles. The SMILES string of the molecule is COc1cccc(N(C)c2ccc3c(c2)CC[C@H]3CCc2cnccc2C(=O)O)c1. The molecule has 1 aromatic heterocycles. The maximum Gasteiger partial charge on any atom is 0.336 e. The zero-order chi connectivity index (χ0) is 21.1. The molecular weight excluding hydrogens is 376 g/mol. The third-order valence-electron chi connectivity index (χ3n) is 6.05. The molecule has 0 spiro atoms. The molecule has 0 fully saturated rings. The van der Waals surface area contributed by atoms with E-state index in [2.05, 4.69) is 41.2 Å². The first-order valence-electron chi connectivity index (χ1n) is 10.2. The van der Waals surface area contributed by atoms with Crippen LogP contribution >= 0.6 is 0 Å². The van der Waals surface area contributed by atoms with Crippen LogP contribution in [0.3, 0.4) is 0 Å². The van der Waals surface area contributed by atoms with Gasteiger partial charge in [0.15, 0.2) is 0 Å². The molecule has 1 atom stereocenters. The summed E-state index contributed by atoms with van der Waals surface area (Å²) in [5.41, 5.74) is 6.19. The second-order valence-electron chi connectivity index (χ2n) is 7.76. The third kappa shape index (κ3) is 4.01. The minimum absolute atomic E-state index is 0.360. The summed E-state index contributed by atoms with van der Waals surface area (Å²) in [4.78, 5) is 17.7. The van der Waals surface area contributed by atoms with Crippen molar-refractivity contribution in [3.63, 3.8) is 0 Å². The van der Waals surface area contributed by atoms with Crippen molar-refractivity contribution in [3.05, 3.63) is 83.2 Å². The molecule has 0 bridgehead atoms. The normalized spacial score (nSPS) is 14.9. The second kappa shape index (κ2) is 8.57. The average Bonchev–Trinajstić information content (AvgIpc) is 3.19. The Balaban J connectivity index is 1.49. The van der Waals surface area contributed by atoms with E-state index < -0.39 is 5.97 Å². The van der Waals surface area contributed by atoms with Gasteiger partial charge in [0.2, 0.25) is 0 Å². The van der Waals surface area contributed by atoms with Gasteiger partial charge in [-0.1, -0.05) is 12.1 Å². The van der Waals surface area contributed by atoms with E-state index in [0.717, 1.165) is 48.4 Å². The zero-order valence-electron chi connectivity index (χ0n) is 17.3. The Labute approximate surface area is 177 Å². The molecule has 0 saturated heterocycles. The third-order valence-corrected chi connectivity index (χ3v) is 6.05. The van der Waals surface area contributed by atoms with Gasteiger partial charge in [-0.25, -0.2) is 4.79 Å². The fraction of sp³-hybridized carbons (Fsp3) is 0.280. The highest BCUT2D eigenvalue weighted by Gasteiger charge is 2.24. The van der Waals surface area contributed by atoms with Crippen molar-refractivity contribution in [2.75, 3.05) is 19.1 Å². The number of hydrogen-bond donors (Lipinski definition) is 1. The summed E-state index contributed by atoms with van der Waals surface area (Å²) in [6, 6.07) is 16.3. The smallest absolute Gasteiger partial charge is 0.336 e. The molecule has 2 aromatic carbocycles. The summed E-state index contributed by atoms with van der Waals surface area (Å²) in [6.45, 7) is 0. The fourth-order valence-electron chi connectivity index (χ4n) is 4.33. The zero-order valence-corrected chi connectivity index (χ0v) is 17.3. The predicted octanol–water partition coefficient (Wildman–Crippen LogP) is 5.22. The Morgan fingerprint density at radius 2 is 2.03 bits per heavy atom. The van der Waals surface area contributed by atoms with Gasteiger partial charge in [0.25, 0.3) is 0 Å². The van der Waals surface area contributed by atoms with E-state index >= 15 is 0 Å². The van der Waals surface area contributed by atoms with E-state index in [1.165, 1.54) is 17.3 Å². The topological polar surface area (TPSA) is 62.7 Å². The van der Waals surface area contributed by atoms with Crippen molar-refractivity contribution in [2.45, 2.75) is 31.6 Å². The summed E-state index contributed by atoms with van der Waals surface area (Å²) >= 11 is 0. The molecule has 0 aliphatic heterocycles. The first-order chi connectivity index (χ1) is 14.6. The Morgan fingerprint density at radius 3 is 2.83 bits per heavy atom. The van der Waals surface area contributed by atoms with Gasteiger partial charge >= 0.3 is 5.97 Å². The molecule has 1 aliphatic carbocycles. The van der Waals surface area contributed by atoms with E-state index in [1.54, 1.807) is 19.4 Å². The molecule has 4 rings (SSSR count). The number of ether oxygens (including phenoxy) is 1. The number of aryl methyl sites for hydroxylation is 2. The van der Waals surface area contributed by atoms with Crippen LogP contribution < -0.4 is 9.64 Å². The molecule has 0 radical (unpaired) electrons. The number of carboxylic acids is 1. The number of fused-ring (bicyclic) bond motifs is 1. The summed E-state index contributed by atoms with van der Waals surface area (Å²) in [5, 5.41) is 9.38. The van der Waals surface area contributed by atoms with E-state index in [-0.39, 0.29) is 0 Å². The highest BCUT2D eigenvalue weighted by molar-refractivity contribution is 5.89. The highest BCUT2D eigenvalue weighted by Crippen LogP contribution is 2.39. The van der Waals surface area contributed by atoms with Gasteiger partial charge in [-0.05, 0) is 78.6 Å². The number of nitrogens with zero attached hydrogens (tertiary/aromatic N) is 2. The molecule has 1 heterocycles. The number of methoxy groups -OCH3 is 1. The standard InChI is InChI=1S/C25H26N2O3/c1-27(20-4-3-5-22(15-20)30-2)21-10-11-23-17(6-8-18(23)14-21)7-9-19-16-26-13-12-24(19)25(28)29/h3-5,10-17H,6-9H2,1-2H3,(H,28,29)/t17-/m0/s1. The van der Waals surface area contributed by atoms with Crippen LogP contribution in [-0.2, 0) is 12.8 Å². The Hall–Kier alpha value is -3.34. The lowest BCUT2D eigenvalue weighted by atomic mass is 9.93. The summed E-state index contributed by atoms with van der Waals surface area (Å²) < 4.78 is 5.35. The van der Waals surface area contributed by atoms with E-state index in [4.69, 9.17) is 4.74 Å². The lowest BCUT2D eigenvalue weighted by Gasteiger charge is -2.21. The molecule has 3 aromatic rings. The van der Waals surface area contributed by atoms with E-state index in [9.17, 15) is 9.90 Å². The first-order valence-corrected chi connectivity index (χ1v) is 10.2. The lowest BCUT2D eigenvalue weighted by molar-refractivity contribution is 0.0695. The molecule has 0 unspecified atom stereocenters. The van der Waals surface area contributed by atoms with Gasteiger partial charge < -0.3 is 14.7 Å². The number of aromatic nitrogens is 1. The van der Waals surface area contributed by atoms with Crippen molar-refractivity contribution < 1.29 is 14.6 Å². The number of pyridine rings is 1. The Kier molecular flexibility index (Phi) is 5.70. The molecule has 154 valence electrons. The van der Waals surface area contributed by atoms with Gasteiger partial charge in [-0.2, -0.15) is 0 Å². The van der Waals surface area contributed by atoms with Crippen LogP contribution in [0.1, 0.15) is 45.8 Å². The lowest BCUT2D eigenvalue weighted by Crippen LogP contribution is -2.10. The molecule has 5 heteroatoms. The summed E-state index contributed by atoms with van der Waals surface area (Å²) in [5.74, 6) is 0.416. The summed E-state index contributed by atoms with van der Waals surface area (Å²) in [6.07, 6.45) is 7.04. The van der Waals surface area contributed by atoms with Crippen LogP contribution in [0.25, 0.3) is 0 Å². The monoisotopic (exact) mass is 402 g/mol. The first kappa shape index (κ1) is 20.0. The van der Waals surface area contributed by atoms with Crippen LogP contribution in [-0.4, -0.2) is 30.2 Å². The minimum atomic E-state index is -0.885. The van der Waals surface area contributed by atoms with Crippen molar-refractivity contribution in [3.8, 4) is 5.75 Å². The van der Waals surface area contributed by atoms with Crippen LogP contribution in [0.2, 0.25) is 0 Å². The quantitative estimate of drug-likeness (QED) is 0.587. The van der Waals surface area contributed by atoms with Crippen LogP contribution in [0, 0.1) is 0 Å². The van der Waals surface area contributed by atoms with Gasteiger partial charge in [0.1, 0.15) is 5.75 Å². The maximum atomic E-state index is 11.4. The van der Waals surface area contributed by atoms with Gasteiger partial charge in [-0.3, -0.25) is 4.98 Å². The number of anilines is 2. The van der Waals surface area contributed by atoms with Crippen LogP contribution in [0.15, 0.2) is 60.9 Å². The number of aromatic carboxylic acids is 1. The minimum Gasteiger partial charge on any atom is -0.497 e. The predicted molar refractivity (Wildman–Crippen MR) is 118 cm³/mol. The van der Waals surface area contributed by atoms with Crippen molar-refractivity contribution in [1.82, 2.24) is 4.98 Å². The summed E-state index contributed by atoms with van der Waals surface area (Å²) in [7, 11) is 3.75. The van der Waals surface area contributed by atoms with Crippen LogP contribution in [0.5, 0.6) is 5.75 Å². The molecule has 5 nitrogen and oxygen atoms in total. The molecule has 1 N–H and O–H groups in total. The highest BCUT2D eigenvalue weighted by atomic mass is 16.5. The number of carboxylic acid groups (broad SMARTS) is 1. The van der Waals surface area contributed by atoms with E-state index in [1.807, 2.05) is 18.2 Å². The Morgan fingerprint density at radius 1 is 1.20 bits per heavy atom. The number of benzene rings is 2. The van der Waals surface area contributed by atoms with Gasteiger partial charge in [0.05, 0.1) is 12.7 Å². The van der Waals surface area contributed by atoms with Crippen LogP contribution in [0.4, 0.5) is 11.4 Å². The largest absolute Gasteiger partial charge is 0.497 e. The fourth-order valence-corrected chi connectivity index (χ4v) is 4.33. The number of carbonyl (C=O) groups is 1. The average molecular weight is 402 g/mol. The molecule has 0 amide bonds. The molecule has 1 aliphatic rings.